The zero-order valence-electron chi connectivity index (χ0n) is 17.0. The second kappa shape index (κ2) is 9.64. The highest BCUT2D eigenvalue weighted by atomic mass is 32.1. The lowest BCUT2D eigenvalue weighted by Crippen LogP contribution is -2.35. The summed E-state index contributed by atoms with van der Waals surface area (Å²) in [5.41, 5.74) is 0.673. The Kier molecular flexibility index (Phi) is 7.51. The molecule has 2 rings (SSSR count). The van der Waals surface area contributed by atoms with E-state index in [4.69, 9.17) is 4.74 Å². The molecule has 0 aliphatic carbocycles. The standard InChI is InChI=1S/C20H28N4O3S/c1-13(2)9-15(24-19(26)27-20(3,4)5)18-23-16(12-28-18)17(25)22-11-14-7-6-8-21-10-14/h6-8,10,12-13,15H,9,11H2,1-5H3,(H,22,25)(H,24,26)/t15-/m0/s1. The number of hydrogen-bond donors (Lipinski definition) is 2. The van der Waals surface area contributed by atoms with E-state index in [1.165, 1.54) is 11.3 Å². The van der Waals surface area contributed by atoms with E-state index in [0.29, 0.717) is 29.6 Å². The maximum absolute atomic E-state index is 12.4. The Morgan fingerprint density at radius 1 is 1.29 bits per heavy atom. The first kappa shape index (κ1) is 21.8. The molecule has 1 atom stereocenters. The van der Waals surface area contributed by atoms with E-state index in [-0.39, 0.29) is 11.9 Å². The Morgan fingerprint density at radius 3 is 2.64 bits per heavy atom. The number of alkyl carbamates (subject to hydrolysis) is 1. The Bertz CT molecular complexity index is 784. The number of amides is 2. The van der Waals surface area contributed by atoms with Crippen molar-refractivity contribution in [3.8, 4) is 0 Å². The van der Waals surface area contributed by atoms with Crippen LogP contribution in [0.5, 0.6) is 0 Å². The van der Waals surface area contributed by atoms with Gasteiger partial charge < -0.3 is 15.4 Å². The summed E-state index contributed by atoms with van der Waals surface area (Å²) in [7, 11) is 0. The number of rotatable bonds is 7. The number of ether oxygens (including phenoxy) is 1. The smallest absolute Gasteiger partial charge is 0.408 e. The van der Waals surface area contributed by atoms with E-state index in [1.54, 1.807) is 17.8 Å². The molecule has 152 valence electrons. The molecule has 2 aromatic heterocycles. The van der Waals surface area contributed by atoms with Crippen LogP contribution in [0.4, 0.5) is 4.79 Å². The molecule has 0 fully saturated rings. The normalized spacial score (nSPS) is 12.5. The third-order valence-electron chi connectivity index (χ3n) is 3.63. The number of pyridine rings is 1. The second-order valence-electron chi connectivity index (χ2n) is 7.94. The van der Waals surface area contributed by atoms with Gasteiger partial charge in [-0.25, -0.2) is 9.78 Å². The molecule has 2 heterocycles. The van der Waals surface area contributed by atoms with E-state index < -0.39 is 11.7 Å². The van der Waals surface area contributed by atoms with E-state index in [9.17, 15) is 9.59 Å². The quantitative estimate of drug-likeness (QED) is 0.725. The third-order valence-corrected chi connectivity index (χ3v) is 4.59. The van der Waals surface area contributed by atoms with Crippen LogP contribution in [0.2, 0.25) is 0 Å². The fourth-order valence-corrected chi connectivity index (χ4v) is 3.33. The summed E-state index contributed by atoms with van der Waals surface area (Å²) in [6.45, 7) is 9.97. The molecule has 0 saturated heterocycles. The van der Waals surface area contributed by atoms with Crippen molar-refractivity contribution in [3.05, 3.63) is 46.2 Å². The number of carbonyl (C=O) groups is 2. The van der Waals surface area contributed by atoms with Crippen molar-refractivity contribution in [1.82, 2.24) is 20.6 Å². The highest BCUT2D eigenvalue weighted by Gasteiger charge is 2.24. The molecule has 0 aliphatic heterocycles. The number of thiazole rings is 1. The Morgan fingerprint density at radius 2 is 2.04 bits per heavy atom. The minimum atomic E-state index is -0.577. The van der Waals surface area contributed by atoms with Crippen molar-refractivity contribution in [2.24, 2.45) is 5.92 Å². The van der Waals surface area contributed by atoms with Gasteiger partial charge in [-0.1, -0.05) is 19.9 Å². The Labute approximate surface area is 169 Å². The van der Waals surface area contributed by atoms with Gasteiger partial charge in [0.05, 0.1) is 6.04 Å². The molecule has 7 nitrogen and oxygen atoms in total. The van der Waals surface area contributed by atoms with E-state index in [2.05, 4.69) is 34.4 Å². The lowest BCUT2D eigenvalue weighted by Gasteiger charge is -2.23. The van der Waals surface area contributed by atoms with Crippen molar-refractivity contribution in [3.63, 3.8) is 0 Å². The molecule has 28 heavy (non-hydrogen) atoms. The highest BCUT2D eigenvalue weighted by molar-refractivity contribution is 7.09. The zero-order chi connectivity index (χ0) is 20.7. The monoisotopic (exact) mass is 404 g/mol. The Balaban J connectivity index is 2.03. The number of nitrogens with zero attached hydrogens (tertiary/aromatic N) is 2. The molecule has 0 radical (unpaired) electrons. The van der Waals surface area contributed by atoms with Gasteiger partial charge in [-0.05, 0) is 44.7 Å². The SMILES string of the molecule is CC(C)C[C@H](NC(=O)OC(C)(C)C)c1nc(C(=O)NCc2cccnc2)cs1. The van der Waals surface area contributed by atoms with Gasteiger partial charge in [-0.2, -0.15) is 0 Å². The van der Waals surface area contributed by atoms with Gasteiger partial charge >= 0.3 is 6.09 Å². The van der Waals surface area contributed by atoms with Crippen molar-refractivity contribution >= 4 is 23.3 Å². The fourth-order valence-electron chi connectivity index (χ4n) is 2.47. The molecular weight excluding hydrogens is 376 g/mol. The minimum Gasteiger partial charge on any atom is -0.444 e. The van der Waals surface area contributed by atoms with Gasteiger partial charge in [-0.15, -0.1) is 11.3 Å². The van der Waals surface area contributed by atoms with Crippen molar-refractivity contribution in [1.29, 1.82) is 0 Å². The molecule has 0 saturated carbocycles. The van der Waals surface area contributed by atoms with Gasteiger partial charge in [0.2, 0.25) is 0 Å². The molecule has 0 aromatic carbocycles. The van der Waals surface area contributed by atoms with Gasteiger partial charge in [0.1, 0.15) is 16.3 Å². The predicted octanol–water partition coefficient (Wildman–Crippen LogP) is 4.08. The molecule has 8 heteroatoms. The van der Waals surface area contributed by atoms with Crippen LogP contribution in [-0.4, -0.2) is 27.6 Å². The maximum Gasteiger partial charge on any atom is 0.408 e. The highest BCUT2D eigenvalue weighted by Crippen LogP contribution is 2.25. The van der Waals surface area contributed by atoms with Crippen LogP contribution < -0.4 is 10.6 Å². The van der Waals surface area contributed by atoms with Crippen LogP contribution in [0.15, 0.2) is 29.9 Å². The molecule has 0 bridgehead atoms. The van der Waals surface area contributed by atoms with E-state index in [0.717, 1.165) is 5.56 Å². The van der Waals surface area contributed by atoms with E-state index >= 15 is 0 Å². The summed E-state index contributed by atoms with van der Waals surface area (Å²) in [6.07, 6.45) is 3.60. The summed E-state index contributed by atoms with van der Waals surface area (Å²) in [5, 5.41) is 8.10. The van der Waals surface area contributed by atoms with Crippen LogP contribution in [0.1, 0.15) is 68.1 Å². The van der Waals surface area contributed by atoms with Crippen LogP contribution in [0.3, 0.4) is 0 Å². The number of carbonyl (C=O) groups excluding carboxylic acids is 2. The first-order valence-electron chi connectivity index (χ1n) is 9.26. The molecule has 2 aromatic rings. The molecular formula is C20H28N4O3S. The first-order chi connectivity index (χ1) is 13.1. The first-order valence-corrected chi connectivity index (χ1v) is 10.1. The number of aromatic nitrogens is 2. The number of hydrogen-bond acceptors (Lipinski definition) is 6. The summed E-state index contributed by atoms with van der Waals surface area (Å²) < 4.78 is 5.35. The zero-order valence-corrected chi connectivity index (χ0v) is 17.8. The summed E-state index contributed by atoms with van der Waals surface area (Å²) in [6, 6.07) is 3.41. The maximum atomic E-state index is 12.4. The summed E-state index contributed by atoms with van der Waals surface area (Å²) >= 11 is 1.36. The largest absolute Gasteiger partial charge is 0.444 e. The number of nitrogens with one attached hydrogen (secondary N) is 2. The predicted molar refractivity (Wildman–Crippen MR) is 109 cm³/mol. The van der Waals surface area contributed by atoms with Gasteiger partial charge in [0.15, 0.2) is 0 Å². The van der Waals surface area contributed by atoms with Crippen molar-refractivity contribution in [2.45, 2.75) is 59.2 Å². The average Bonchev–Trinajstić information content (AvgIpc) is 3.08. The summed E-state index contributed by atoms with van der Waals surface area (Å²) in [5.74, 6) is 0.0820. The van der Waals surface area contributed by atoms with Gasteiger partial charge in [0, 0.05) is 24.3 Å². The van der Waals surface area contributed by atoms with Crippen LogP contribution >= 0.6 is 11.3 Å². The van der Waals surface area contributed by atoms with E-state index in [1.807, 2.05) is 32.9 Å². The second-order valence-corrected chi connectivity index (χ2v) is 8.83. The average molecular weight is 405 g/mol. The molecule has 0 aliphatic rings. The fraction of sp³-hybridized carbons (Fsp3) is 0.500. The molecule has 0 unspecified atom stereocenters. The molecule has 2 N–H and O–H groups in total. The van der Waals surface area contributed by atoms with Crippen LogP contribution in [-0.2, 0) is 11.3 Å². The molecule has 0 spiro atoms. The lowest BCUT2D eigenvalue weighted by atomic mass is 10.0. The van der Waals surface area contributed by atoms with Crippen LogP contribution in [0, 0.1) is 5.92 Å². The Hall–Kier alpha value is -2.48. The molecule has 2 amide bonds. The van der Waals surface area contributed by atoms with Gasteiger partial charge in [0.25, 0.3) is 5.91 Å². The van der Waals surface area contributed by atoms with Crippen molar-refractivity contribution < 1.29 is 14.3 Å². The van der Waals surface area contributed by atoms with Crippen molar-refractivity contribution in [2.75, 3.05) is 0 Å². The minimum absolute atomic E-state index is 0.257. The third kappa shape index (κ3) is 7.26. The topological polar surface area (TPSA) is 93.2 Å². The lowest BCUT2D eigenvalue weighted by molar-refractivity contribution is 0.0497. The summed E-state index contributed by atoms with van der Waals surface area (Å²) in [4.78, 5) is 33.0. The van der Waals surface area contributed by atoms with Gasteiger partial charge in [-0.3, -0.25) is 9.78 Å². The van der Waals surface area contributed by atoms with Crippen LogP contribution in [0.25, 0.3) is 0 Å².